The van der Waals surface area contributed by atoms with E-state index in [0.717, 1.165) is 4.90 Å². The van der Waals surface area contributed by atoms with Gasteiger partial charge in [0.15, 0.2) is 11.9 Å². The van der Waals surface area contributed by atoms with Crippen LogP contribution in [0.25, 0.3) is 0 Å². The quantitative estimate of drug-likeness (QED) is 0.633. The van der Waals surface area contributed by atoms with E-state index in [9.17, 15) is 9.59 Å². The molecule has 0 spiro atoms. The minimum Gasteiger partial charge on any atom is -0.496 e. The van der Waals surface area contributed by atoms with Crippen molar-refractivity contribution < 1.29 is 23.6 Å². The van der Waals surface area contributed by atoms with Gasteiger partial charge in [0.25, 0.3) is 5.91 Å². The second-order valence-electron chi connectivity index (χ2n) is 4.93. The Morgan fingerprint density at radius 3 is 2.67 bits per heavy atom. The summed E-state index contributed by atoms with van der Waals surface area (Å²) in [5, 5.41) is 6.16. The van der Waals surface area contributed by atoms with Crippen LogP contribution >= 0.6 is 11.8 Å². The molecule has 0 fully saturated rings. The van der Waals surface area contributed by atoms with E-state index in [1.165, 1.54) is 25.8 Å². The molecule has 1 N–H and O–H groups in total. The summed E-state index contributed by atoms with van der Waals surface area (Å²) in [7, 11) is 1.47. The van der Waals surface area contributed by atoms with Gasteiger partial charge in [0.05, 0.1) is 7.11 Å². The number of amides is 1. The number of esters is 1. The van der Waals surface area contributed by atoms with Crippen molar-refractivity contribution >= 4 is 29.5 Å². The molecule has 0 unspecified atom stereocenters. The van der Waals surface area contributed by atoms with Gasteiger partial charge in [-0.2, -0.15) is 0 Å². The van der Waals surface area contributed by atoms with Gasteiger partial charge >= 0.3 is 5.97 Å². The fraction of sp³-hybridized carbons (Fsp3) is 0.312. The SMILES string of the molecule is COc1cc(SC)ccc1C(=O)O[C@H](C)C(=O)Nc1cc(C)on1. The molecule has 1 aromatic carbocycles. The molecule has 0 aliphatic carbocycles. The summed E-state index contributed by atoms with van der Waals surface area (Å²) < 4.78 is 15.3. The standard InChI is InChI=1S/C16H18N2O5S/c1-9-7-14(18-23-9)17-15(19)10(2)22-16(20)12-6-5-11(24-4)8-13(12)21-3/h5-8,10H,1-4H3,(H,17,18,19)/t10-/m1/s1. The lowest BCUT2D eigenvalue weighted by Gasteiger charge is -2.14. The van der Waals surface area contributed by atoms with E-state index in [4.69, 9.17) is 14.0 Å². The van der Waals surface area contributed by atoms with Crippen molar-refractivity contribution in [3.8, 4) is 5.75 Å². The molecule has 0 aliphatic heterocycles. The Morgan fingerprint density at radius 2 is 2.08 bits per heavy atom. The monoisotopic (exact) mass is 350 g/mol. The van der Waals surface area contributed by atoms with E-state index in [0.29, 0.717) is 11.5 Å². The zero-order valence-electron chi connectivity index (χ0n) is 13.8. The number of carbonyl (C=O) groups is 2. The number of methoxy groups -OCH3 is 1. The van der Waals surface area contributed by atoms with E-state index >= 15 is 0 Å². The van der Waals surface area contributed by atoms with Gasteiger partial charge in [0.1, 0.15) is 17.1 Å². The molecule has 7 nitrogen and oxygen atoms in total. The van der Waals surface area contributed by atoms with Gasteiger partial charge in [-0.15, -0.1) is 11.8 Å². The van der Waals surface area contributed by atoms with E-state index in [1.807, 2.05) is 6.26 Å². The van der Waals surface area contributed by atoms with E-state index < -0.39 is 18.0 Å². The van der Waals surface area contributed by atoms with E-state index in [-0.39, 0.29) is 11.4 Å². The van der Waals surface area contributed by atoms with Crippen molar-refractivity contribution in [2.24, 2.45) is 0 Å². The maximum atomic E-state index is 12.3. The van der Waals surface area contributed by atoms with Crippen molar-refractivity contribution in [3.05, 3.63) is 35.6 Å². The number of aromatic nitrogens is 1. The van der Waals surface area contributed by atoms with E-state index in [2.05, 4.69) is 10.5 Å². The minimum absolute atomic E-state index is 0.257. The summed E-state index contributed by atoms with van der Waals surface area (Å²) in [6.07, 6.45) is 0.921. The Labute approximate surface area is 143 Å². The maximum Gasteiger partial charge on any atom is 0.342 e. The third kappa shape index (κ3) is 4.29. The topological polar surface area (TPSA) is 90.7 Å². The number of ether oxygens (including phenoxy) is 2. The number of anilines is 1. The zero-order chi connectivity index (χ0) is 17.7. The first-order valence-corrected chi connectivity index (χ1v) is 8.34. The first kappa shape index (κ1) is 17.9. The molecule has 2 aromatic rings. The predicted molar refractivity (Wildman–Crippen MR) is 89.5 cm³/mol. The molecule has 2 rings (SSSR count). The zero-order valence-corrected chi connectivity index (χ0v) is 14.6. The number of benzene rings is 1. The summed E-state index contributed by atoms with van der Waals surface area (Å²) in [6.45, 7) is 3.18. The highest BCUT2D eigenvalue weighted by atomic mass is 32.2. The first-order valence-electron chi connectivity index (χ1n) is 7.11. The molecule has 1 aromatic heterocycles. The highest BCUT2D eigenvalue weighted by Gasteiger charge is 2.22. The largest absolute Gasteiger partial charge is 0.496 e. The number of nitrogens with zero attached hydrogens (tertiary/aromatic N) is 1. The van der Waals surface area contributed by atoms with Gasteiger partial charge in [0.2, 0.25) is 0 Å². The normalized spacial score (nSPS) is 11.7. The van der Waals surface area contributed by atoms with Crippen molar-refractivity contribution in [2.75, 3.05) is 18.7 Å². The summed E-state index contributed by atoms with van der Waals surface area (Å²) in [5.41, 5.74) is 0.257. The Hall–Kier alpha value is -2.48. The van der Waals surface area contributed by atoms with Crippen LogP contribution in [0.5, 0.6) is 5.75 Å². The van der Waals surface area contributed by atoms with Crippen LogP contribution in [0.4, 0.5) is 5.82 Å². The van der Waals surface area contributed by atoms with Gasteiger partial charge < -0.3 is 19.3 Å². The fourth-order valence-electron chi connectivity index (χ4n) is 1.90. The molecular weight excluding hydrogens is 332 g/mol. The maximum absolute atomic E-state index is 12.3. The summed E-state index contributed by atoms with van der Waals surface area (Å²) in [6, 6.07) is 6.70. The third-order valence-corrected chi connectivity index (χ3v) is 3.89. The first-order chi connectivity index (χ1) is 11.4. The van der Waals surface area contributed by atoms with Crippen molar-refractivity contribution in [3.63, 3.8) is 0 Å². The van der Waals surface area contributed by atoms with Crippen LogP contribution in [-0.2, 0) is 9.53 Å². The average molecular weight is 350 g/mol. The lowest BCUT2D eigenvalue weighted by atomic mass is 10.2. The number of thioether (sulfide) groups is 1. The van der Waals surface area contributed by atoms with Crippen LogP contribution in [0.15, 0.2) is 33.7 Å². The minimum atomic E-state index is -1.00. The van der Waals surface area contributed by atoms with Crippen molar-refractivity contribution in [1.29, 1.82) is 0 Å². The molecule has 24 heavy (non-hydrogen) atoms. The molecule has 1 atom stereocenters. The molecule has 1 heterocycles. The van der Waals surface area contributed by atoms with Crippen LogP contribution in [0.1, 0.15) is 23.0 Å². The fourth-order valence-corrected chi connectivity index (χ4v) is 2.33. The van der Waals surface area contributed by atoms with Crippen molar-refractivity contribution in [1.82, 2.24) is 5.16 Å². The number of rotatable bonds is 6. The molecule has 0 saturated carbocycles. The number of carbonyl (C=O) groups excluding carboxylic acids is 2. The van der Waals surface area contributed by atoms with Crippen LogP contribution in [0.3, 0.4) is 0 Å². The van der Waals surface area contributed by atoms with Gasteiger partial charge in [0, 0.05) is 11.0 Å². The van der Waals surface area contributed by atoms with Gasteiger partial charge in [-0.25, -0.2) is 4.79 Å². The Kier molecular flexibility index (Phi) is 5.86. The third-order valence-electron chi connectivity index (χ3n) is 3.16. The molecule has 8 heteroatoms. The Bertz CT molecular complexity index is 744. The molecule has 1 amide bonds. The number of hydrogen-bond donors (Lipinski definition) is 1. The second-order valence-corrected chi connectivity index (χ2v) is 5.81. The average Bonchev–Trinajstić information content (AvgIpc) is 2.98. The molecule has 128 valence electrons. The van der Waals surface area contributed by atoms with Crippen LogP contribution in [-0.4, -0.2) is 36.5 Å². The predicted octanol–water partition coefficient (Wildman–Crippen LogP) is 2.90. The highest BCUT2D eigenvalue weighted by molar-refractivity contribution is 7.98. The second kappa shape index (κ2) is 7.87. The van der Waals surface area contributed by atoms with Gasteiger partial charge in [-0.05, 0) is 38.3 Å². The molecule has 0 radical (unpaired) electrons. The summed E-state index contributed by atoms with van der Waals surface area (Å²) >= 11 is 1.53. The molecular formula is C16H18N2O5S. The lowest BCUT2D eigenvalue weighted by Crippen LogP contribution is -2.30. The number of nitrogens with one attached hydrogen (secondary N) is 1. The van der Waals surface area contributed by atoms with Crippen LogP contribution in [0.2, 0.25) is 0 Å². The lowest BCUT2D eigenvalue weighted by molar-refractivity contribution is -0.123. The van der Waals surface area contributed by atoms with Crippen molar-refractivity contribution in [2.45, 2.75) is 24.8 Å². The number of hydrogen-bond acceptors (Lipinski definition) is 7. The summed E-state index contributed by atoms with van der Waals surface area (Å²) in [5.74, 6) is 0.0808. The van der Waals surface area contributed by atoms with Crippen LogP contribution in [0, 0.1) is 6.92 Å². The Balaban J connectivity index is 2.04. The molecule has 0 bridgehead atoms. The summed E-state index contributed by atoms with van der Waals surface area (Å²) in [4.78, 5) is 25.3. The highest BCUT2D eigenvalue weighted by Crippen LogP contribution is 2.26. The molecule has 0 saturated heterocycles. The number of aryl methyl sites for hydroxylation is 1. The van der Waals surface area contributed by atoms with Gasteiger partial charge in [-0.1, -0.05) is 5.16 Å². The van der Waals surface area contributed by atoms with E-state index in [1.54, 1.807) is 31.2 Å². The smallest absolute Gasteiger partial charge is 0.342 e. The van der Waals surface area contributed by atoms with Gasteiger partial charge in [-0.3, -0.25) is 4.79 Å². The Morgan fingerprint density at radius 1 is 1.33 bits per heavy atom. The molecule has 0 aliphatic rings. The van der Waals surface area contributed by atoms with Crippen LogP contribution < -0.4 is 10.1 Å².